The van der Waals surface area contributed by atoms with Crippen molar-refractivity contribution in [3.05, 3.63) is 6.20 Å². The topological polar surface area (TPSA) is 57.0 Å². The van der Waals surface area contributed by atoms with Crippen LogP contribution in [-0.2, 0) is 16.1 Å². The van der Waals surface area contributed by atoms with Gasteiger partial charge in [0.1, 0.15) is 0 Å². The normalized spacial score (nSPS) is 16.3. The van der Waals surface area contributed by atoms with E-state index in [1.54, 1.807) is 0 Å². The monoisotopic (exact) mass is 1300 g/mol. The van der Waals surface area contributed by atoms with E-state index in [4.69, 9.17) is 0 Å². The summed E-state index contributed by atoms with van der Waals surface area (Å²) in [6, 6.07) is 0. The first-order chi connectivity index (χ1) is 31.8. The van der Waals surface area contributed by atoms with Crippen LogP contribution in [-0.4, -0.2) is 154 Å². The van der Waals surface area contributed by atoms with E-state index in [0.29, 0.717) is 7.11 Å². The summed E-state index contributed by atoms with van der Waals surface area (Å²) in [4.78, 5) is 11.7. The van der Waals surface area contributed by atoms with Crippen molar-refractivity contribution in [3.63, 3.8) is 0 Å². The van der Waals surface area contributed by atoms with Gasteiger partial charge in [0.15, 0.2) is 0 Å². The number of hydrogen-bond donors (Lipinski definition) is 0. The molecule has 438 valence electrons. The van der Waals surface area contributed by atoms with Crippen molar-refractivity contribution >= 4 is 28.1 Å². The first-order valence-electron chi connectivity index (χ1n) is 17.6. The number of halogens is 39. The molecule has 0 N–H and O–H groups in total. The van der Waals surface area contributed by atoms with Gasteiger partial charge in [0.05, 0.1) is 0 Å². The second kappa shape index (κ2) is 19.2. The fraction of sp³-hybridized carbons (Fsp3) is 0.897. The molecule has 0 aromatic carbocycles. The molecular weight excluding hydrogens is 1280 g/mol. The molecule has 0 atom stereocenters. The zero-order valence-electron chi connectivity index (χ0n) is 33.9. The third-order valence-electron chi connectivity index (χ3n) is 10.3. The molecule has 1 aromatic heterocycles. The van der Waals surface area contributed by atoms with Gasteiger partial charge in [-0.15, -0.1) is 0 Å². The van der Waals surface area contributed by atoms with Crippen molar-refractivity contribution in [2.75, 3.05) is 7.11 Å². The van der Waals surface area contributed by atoms with E-state index in [-0.39, 0.29) is 0 Å². The van der Waals surface area contributed by atoms with Crippen LogP contribution in [0.25, 0.3) is 0 Å². The number of nitrogens with zero attached hydrogens (tertiary/aromatic N) is 3. The third-order valence-corrected chi connectivity index (χ3v) is 24.4. The van der Waals surface area contributed by atoms with Gasteiger partial charge in [0.25, 0.3) is 0 Å². The molecule has 45 heteroatoms. The molecule has 0 bridgehead atoms. The molecule has 0 amide bonds. The van der Waals surface area contributed by atoms with Crippen LogP contribution in [0.2, 0.25) is 13.3 Å². The molecule has 74 heavy (non-hydrogen) atoms. The standard InChI is InChI=1S/3C8H4F13.C5H6N3O2.Sn/c3*1-2-3(9,10)4(11,12)5(13,14)6(15,16)7(17,18)8(19,20)21;1-10-5(9)4-8-3-2-6-7-8;/h3*1-2H2;3H,4H2,1H3;. The van der Waals surface area contributed by atoms with Gasteiger partial charge in [-0.2, -0.15) is 0 Å². The Balaban J connectivity index is 4.55. The quantitative estimate of drug-likeness (QED) is 0.0588. The second-order valence-corrected chi connectivity index (χ2v) is 28.2. The van der Waals surface area contributed by atoms with Crippen LogP contribution in [0.1, 0.15) is 19.3 Å². The molecule has 1 heterocycles. The van der Waals surface area contributed by atoms with E-state index in [9.17, 15) is 150 Å². The van der Waals surface area contributed by atoms with Crippen LogP contribution in [0.4, 0.5) is 171 Å². The fourth-order valence-corrected chi connectivity index (χ4v) is 18.7. The average Bonchev–Trinajstić information content (AvgIpc) is 3.67. The Morgan fingerprint density at radius 1 is 0.392 bits per heavy atom. The van der Waals surface area contributed by atoms with Crippen LogP contribution in [0.5, 0.6) is 0 Å². The van der Waals surface area contributed by atoms with E-state index in [0.717, 1.165) is 0 Å². The van der Waals surface area contributed by atoms with Crippen LogP contribution in [0, 0.1) is 0 Å². The second-order valence-electron chi connectivity index (χ2n) is 15.2. The number of esters is 1. The number of alkyl halides is 39. The molecule has 0 aliphatic rings. The van der Waals surface area contributed by atoms with Crippen molar-refractivity contribution in [3.8, 4) is 0 Å². The third kappa shape index (κ3) is 10.4. The molecule has 0 saturated carbocycles. The number of methoxy groups -OCH3 is 1. The van der Waals surface area contributed by atoms with Crippen molar-refractivity contribution in [1.29, 1.82) is 0 Å². The van der Waals surface area contributed by atoms with Gasteiger partial charge >= 0.3 is 384 Å². The number of hydrogen-bond acceptors (Lipinski definition) is 4. The Morgan fingerprint density at radius 2 is 0.608 bits per heavy atom. The number of aromatic nitrogens is 3. The first kappa shape index (κ1) is 68.7. The zero-order valence-corrected chi connectivity index (χ0v) is 36.8. The van der Waals surface area contributed by atoms with Gasteiger partial charge in [0.2, 0.25) is 0 Å². The van der Waals surface area contributed by atoms with Crippen LogP contribution >= 0.6 is 0 Å². The molecule has 1 aromatic rings. The Bertz CT molecular complexity index is 1930. The van der Waals surface area contributed by atoms with Crippen molar-refractivity contribution in [1.82, 2.24) is 15.0 Å². The minimum absolute atomic E-state index is 0.341. The molecule has 0 aliphatic heterocycles. The summed E-state index contributed by atoms with van der Waals surface area (Å²) in [5.41, 5.74) is 0. The predicted octanol–water partition coefficient (Wildman–Crippen LogP) is 13.5. The maximum atomic E-state index is 15.1. The summed E-state index contributed by atoms with van der Waals surface area (Å²) in [5, 5.41) is 5.13. The van der Waals surface area contributed by atoms with Crippen molar-refractivity contribution in [2.24, 2.45) is 0 Å². The Hall–Kier alpha value is -3.32. The van der Waals surface area contributed by atoms with E-state index in [1.165, 1.54) is 0 Å². The SMILES string of the molecule is COC(=O)Cn1c[c]([Sn]([CH2]CC(F)(F)C(F)(F)C(F)(F)C(F)(F)C(F)(F)C(F)(F)F)([CH2]CC(F)(F)C(F)(F)C(F)(F)C(F)(F)C(F)(F)C(F)(F)F)[CH2]CC(F)(F)C(F)(F)C(F)(F)C(F)(F)C(F)(F)C(F)(F)F)nn1. The summed E-state index contributed by atoms with van der Waals surface area (Å²) in [7, 11) is 0.341. The molecule has 0 radical (unpaired) electrons. The van der Waals surface area contributed by atoms with Crippen LogP contribution in [0.15, 0.2) is 6.20 Å². The summed E-state index contributed by atoms with van der Waals surface area (Å²) in [5.74, 6) is -130. The van der Waals surface area contributed by atoms with Crippen molar-refractivity contribution < 1.29 is 181 Å². The van der Waals surface area contributed by atoms with Gasteiger partial charge in [-0.3, -0.25) is 0 Å². The van der Waals surface area contributed by atoms with Crippen LogP contribution < -0.4 is 3.71 Å². The number of rotatable bonds is 24. The number of carbonyl (C=O) groups excluding carboxylic acids is 1. The summed E-state index contributed by atoms with van der Waals surface area (Å²) in [6.07, 6.45) is -37.6. The molecule has 0 spiro atoms. The molecule has 5 nitrogen and oxygen atoms in total. The van der Waals surface area contributed by atoms with Gasteiger partial charge in [-0.05, 0) is 0 Å². The van der Waals surface area contributed by atoms with Gasteiger partial charge in [-0.25, -0.2) is 0 Å². The number of carbonyl (C=O) groups is 1. The molecule has 0 saturated heterocycles. The molecule has 1 rings (SSSR count). The van der Waals surface area contributed by atoms with E-state index >= 15 is 26.3 Å². The molecule has 0 fully saturated rings. The zero-order chi connectivity index (χ0) is 60.0. The van der Waals surface area contributed by atoms with E-state index in [1.807, 2.05) is 0 Å². The van der Waals surface area contributed by atoms with E-state index < -0.39 is 185 Å². The molecule has 0 aliphatic carbocycles. The average molecular weight is 1300 g/mol. The Labute approximate surface area is 383 Å². The fourth-order valence-electron chi connectivity index (χ4n) is 5.64. The van der Waals surface area contributed by atoms with Gasteiger partial charge in [-0.1, -0.05) is 0 Å². The van der Waals surface area contributed by atoms with Crippen molar-refractivity contribution in [2.45, 2.75) is 146 Å². The number of ether oxygens (including phenoxy) is 1. The summed E-state index contributed by atoms with van der Waals surface area (Å²) in [6.45, 7) is -1.76. The summed E-state index contributed by atoms with van der Waals surface area (Å²) >= 11 is -8.53. The minimum atomic E-state index is -8.95. The van der Waals surface area contributed by atoms with E-state index in [2.05, 4.69) is 15.0 Å². The maximum absolute atomic E-state index is 15.1. The molecular formula is C29H18F39N3O2Sn. The first-order valence-corrected chi connectivity index (χ1v) is 25.1. The van der Waals surface area contributed by atoms with Gasteiger partial charge in [0, 0.05) is 0 Å². The Morgan fingerprint density at radius 3 is 0.811 bits per heavy atom. The Kier molecular flexibility index (Phi) is 17.9. The van der Waals surface area contributed by atoms with Gasteiger partial charge < -0.3 is 0 Å². The van der Waals surface area contributed by atoms with Crippen LogP contribution in [0.3, 0.4) is 0 Å². The predicted molar refractivity (Wildman–Crippen MR) is 158 cm³/mol. The summed E-state index contributed by atoms with van der Waals surface area (Å²) < 4.78 is 532. The molecule has 0 unspecified atom stereocenters.